The number of carbonyl (C=O) groups is 2. The van der Waals surface area contributed by atoms with Gasteiger partial charge < -0.3 is 10.2 Å². The maximum absolute atomic E-state index is 12.5. The molecule has 2 N–H and O–H groups in total. The van der Waals surface area contributed by atoms with Crippen LogP contribution in [-0.4, -0.2) is 46.4 Å². The van der Waals surface area contributed by atoms with E-state index in [1.54, 1.807) is 6.20 Å². The van der Waals surface area contributed by atoms with Crippen molar-refractivity contribution in [2.24, 2.45) is 0 Å². The molecule has 1 fully saturated rings. The van der Waals surface area contributed by atoms with E-state index in [-0.39, 0.29) is 11.9 Å². The normalized spacial score (nSPS) is 17.3. The lowest BCUT2D eigenvalue weighted by atomic mass is 9.97. The molecule has 166 valence electrons. The predicted molar refractivity (Wildman–Crippen MR) is 125 cm³/mol. The fourth-order valence-electron chi connectivity index (χ4n) is 4.06. The Morgan fingerprint density at radius 2 is 2.10 bits per heavy atom. The lowest BCUT2D eigenvalue weighted by Gasteiger charge is -2.31. The second kappa shape index (κ2) is 10.4. The van der Waals surface area contributed by atoms with Crippen LogP contribution >= 0.6 is 22.7 Å². The molecule has 1 aliphatic heterocycles. The van der Waals surface area contributed by atoms with Crippen LogP contribution < -0.4 is 10.6 Å². The van der Waals surface area contributed by atoms with Gasteiger partial charge in [-0.1, -0.05) is 11.6 Å². The maximum atomic E-state index is 12.5. The quantitative estimate of drug-likeness (QED) is 0.599. The number of rotatable bonds is 6. The highest BCUT2D eigenvalue weighted by atomic mass is 32.1. The molecule has 0 aromatic carbocycles. The van der Waals surface area contributed by atoms with E-state index in [9.17, 15) is 9.59 Å². The van der Waals surface area contributed by atoms with Crippen LogP contribution in [0.5, 0.6) is 0 Å². The summed E-state index contributed by atoms with van der Waals surface area (Å²) in [6.07, 6.45) is 11.7. The third-order valence-electron chi connectivity index (χ3n) is 5.84. The van der Waals surface area contributed by atoms with E-state index in [4.69, 9.17) is 0 Å². The molecule has 1 saturated heterocycles. The lowest BCUT2D eigenvalue weighted by molar-refractivity contribution is 0.102. The van der Waals surface area contributed by atoms with Crippen molar-refractivity contribution in [1.82, 2.24) is 20.2 Å². The molecule has 0 bridgehead atoms. The number of thiazole rings is 2. The van der Waals surface area contributed by atoms with Crippen molar-refractivity contribution < 1.29 is 9.59 Å². The molecule has 3 heterocycles. The number of piperidine rings is 1. The molecule has 2 aromatic heterocycles. The predicted octanol–water partition coefficient (Wildman–Crippen LogP) is 4.94. The number of carbonyl (C=O) groups excluding carboxylic acids is 2. The van der Waals surface area contributed by atoms with Crippen LogP contribution in [0.3, 0.4) is 0 Å². The molecule has 0 spiro atoms. The van der Waals surface area contributed by atoms with E-state index in [0.29, 0.717) is 23.3 Å². The second-order valence-corrected chi connectivity index (χ2v) is 10.3. The number of nitrogens with zero attached hydrogens (tertiary/aromatic N) is 3. The monoisotopic (exact) mass is 459 g/mol. The fraction of sp³-hybridized carbons (Fsp3) is 0.545. The molecule has 0 atom stereocenters. The summed E-state index contributed by atoms with van der Waals surface area (Å²) in [6.45, 7) is 4.11. The number of urea groups is 1. The molecular weight excluding hydrogens is 430 g/mol. The zero-order valence-corrected chi connectivity index (χ0v) is 19.5. The number of anilines is 1. The Kier molecular flexibility index (Phi) is 7.34. The molecule has 0 saturated carbocycles. The average Bonchev–Trinajstić information content (AvgIpc) is 3.44. The number of aryl methyl sites for hydroxylation is 1. The molecule has 3 amide bonds. The first-order chi connectivity index (χ1) is 15.1. The minimum absolute atomic E-state index is 0.0350. The number of aromatic nitrogens is 2. The van der Waals surface area contributed by atoms with Crippen molar-refractivity contribution in [3.63, 3.8) is 0 Å². The fourth-order valence-corrected chi connectivity index (χ4v) is 5.69. The first kappa shape index (κ1) is 22.0. The minimum atomic E-state index is -0.221. The standard InChI is InChI=1S/C22H29N5O2S2/c1-15-13-24-21(31-15)26-19(28)18-14-30-20(25-18)17-8-11-27(12-9-17)22(29)23-10-7-16-5-3-2-4-6-16/h5,13-14,17H,2-4,6-12H2,1H3,(H,23,29)(H,24,26,28). The minimum Gasteiger partial charge on any atom is -0.338 e. The van der Waals surface area contributed by atoms with Gasteiger partial charge in [0.2, 0.25) is 0 Å². The second-order valence-electron chi connectivity index (χ2n) is 8.15. The van der Waals surface area contributed by atoms with Gasteiger partial charge >= 0.3 is 6.03 Å². The molecule has 2 aromatic rings. The Bertz CT molecular complexity index is 943. The van der Waals surface area contributed by atoms with Gasteiger partial charge in [0.25, 0.3) is 5.91 Å². The smallest absolute Gasteiger partial charge is 0.317 e. The Morgan fingerprint density at radius 1 is 1.26 bits per heavy atom. The molecule has 31 heavy (non-hydrogen) atoms. The third kappa shape index (κ3) is 5.92. The zero-order chi connectivity index (χ0) is 21.6. The van der Waals surface area contributed by atoms with E-state index in [1.807, 2.05) is 17.2 Å². The summed E-state index contributed by atoms with van der Waals surface area (Å²) in [5.41, 5.74) is 1.92. The van der Waals surface area contributed by atoms with Gasteiger partial charge in [0.15, 0.2) is 5.13 Å². The summed E-state index contributed by atoms with van der Waals surface area (Å²) in [5, 5.41) is 9.26. The Balaban J connectivity index is 1.22. The third-order valence-corrected chi connectivity index (χ3v) is 7.67. The van der Waals surface area contributed by atoms with Crippen molar-refractivity contribution in [3.05, 3.63) is 38.8 Å². The van der Waals surface area contributed by atoms with Crippen LogP contribution in [-0.2, 0) is 0 Å². The van der Waals surface area contributed by atoms with Crippen molar-refractivity contribution in [2.45, 2.75) is 57.8 Å². The summed E-state index contributed by atoms with van der Waals surface area (Å²) in [5.74, 6) is 0.0758. The largest absolute Gasteiger partial charge is 0.338 e. The molecule has 4 rings (SSSR count). The van der Waals surface area contributed by atoms with Crippen LogP contribution in [0.25, 0.3) is 0 Å². The summed E-state index contributed by atoms with van der Waals surface area (Å²) in [4.78, 5) is 36.6. The van der Waals surface area contributed by atoms with Gasteiger partial charge in [-0.2, -0.15) is 0 Å². The Labute approximate surface area is 191 Å². The molecule has 2 aliphatic rings. The number of likely N-dealkylation sites (tertiary alicyclic amines) is 1. The number of amides is 3. The number of hydrogen-bond acceptors (Lipinski definition) is 6. The lowest BCUT2D eigenvalue weighted by Crippen LogP contribution is -2.44. The van der Waals surface area contributed by atoms with Gasteiger partial charge in [0.05, 0.1) is 5.01 Å². The number of allylic oxidation sites excluding steroid dienone is 1. The van der Waals surface area contributed by atoms with Gasteiger partial charge in [-0.3, -0.25) is 10.1 Å². The SMILES string of the molecule is Cc1cnc(NC(=O)c2csc(C3CCN(C(=O)NCCC4=CCCCC4)CC3)n2)s1. The van der Waals surface area contributed by atoms with Crippen molar-refractivity contribution in [1.29, 1.82) is 0 Å². The molecule has 7 nitrogen and oxygen atoms in total. The van der Waals surface area contributed by atoms with Gasteiger partial charge in [-0.05, 0) is 51.9 Å². The first-order valence-corrected chi connectivity index (χ1v) is 12.7. The summed E-state index contributed by atoms with van der Waals surface area (Å²) >= 11 is 2.97. The van der Waals surface area contributed by atoms with Crippen molar-refractivity contribution >= 4 is 39.7 Å². The number of nitrogens with one attached hydrogen (secondary N) is 2. The highest BCUT2D eigenvalue weighted by molar-refractivity contribution is 7.15. The maximum Gasteiger partial charge on any atom is 0.317 e. The first-order valence-electron chi connectivity index (χ1n) is 11.0. The van der Waals surface area contributed by atoms with Crippen molar-refractivity contribution in [3.8, 4) is 0 Å². The van der Waals surface area contributed by atoms with Crippen LogP contribution in [0, 0.1) is 6.92 Å². The van der Waals surface area contributed by atoms with Gasteiger partial charge in [-0.25, -0.2) is 14.8 Å². The van der Waals surface area contributed by atoms with Gasteiger partial charge in [-0.15, -0.1) is 22.7 Å². The summed E-state index contributed by atoms with van der Waals surface area (Å²) < 4.78 is 0. The van der Waals surface area contributed by atoms with E-state index in [2.05, 4.69) is 26.7 Å². The zero-order valence-electron chi connectivity index (χ0n) is 17.9. The topological polar surface area (TPSA) is 87.2 Å². The van der Waals surface area contributed by atoms with Crippen LogP contribution in [0.1, 0.15) is 71.2 Å². The van der Waals surface area contributed by atoms with E-state index in [1.165, 1.54) is 53.9 Å². The molecule has 1 aliphatic carbocycles. The van der Waals surface area contributed by atoms with E-state index < -0.39 is 0 Å². The molecular formula is C22H29N5O2S2. The van der Waals surface area contributed by atoms with E-state index in [0.717, 1.165) is 42.2 Å². The van der Waals surface area contributed by atoms with Gasteiger partial charge in [0.1, 0.15) is 5.69 Å². The van der Waals surface area contributed by atoms with Crippen molar-refractivity contribution in [2.75, 3.05) is 25.0 Å². The highest BCUT2D eigenvalue weighted by Gasteiger charge is 2.26. The van der Waals surface area contributed by atoms with Crippen LogP contribution in [0.15, 0.2) is 23.2 Å². The highest BCUT2D eigenvalue weighted by Crippen LogP contribution is 2.30. The average molecular weight is 460 g/mol. The Morgan fingerprint density at radius 3 is 2.81 bits per heavy atom. The summed E-state index contributed by atoms with van der Waals surface area (Å²) in [6, 6.07) is 0.0350. The Hall–Kier alpha value is -2.26. The number of hydrogen-bond donors (Lipinski definition) is 2. The molecule has 9 heteroatoms. The molecule has 0 unspecified atom stereocenters. The van der Waals surface area contributed by atoms with E-state index >= 15 is 0 Å². The summed E-state index contributed by atoms with van der Waals surface area (Å²) in [7, 11) is 0. The van der Waals surface area contributed by atoms with Crippen LogP contribution in [0.2, 0.25) is 0 Å². The van der Waals surface area contributed by atoms with Gasteiger partial charge in [0, 0.05) is 42.0 Å². The van der Waals surface area contributed by atoms with Crippen LogP contribution in [0.4, 0.5) is 9.93 Å². The molecule has 0 radical (unpaired) electrons.